The second-order valence-electron chi connectivity index (χ2n) is 5.19. The van der Waals surface area contributed by atoms with E-state index in [-0.39, 0.29) is 11.7 Å². The molecule has 3 rings (SSSR count). The van der Waals surface area contributed by atoms with E-state index in [1.54, 1.807) is 12.3 Å². The molecule has 0 spiro atoms. The predicted octanol–water partition coefficient (Wildman–Crippen LogP) is 4.22. The van der Waals surface area contributed by atoms with E-state index in [1.807, 2.05) is 31.2 Å². The number of carbonyl (C=O) groups is 1. The van der Waals surface area contributed by atoms with E-state index in [0.29, 0.717) is 22.0 Å². The van der Waals surface area contributed by atoms with Gasteiger partial charge >= 0.3 is 0 Å². The van der Waals surface area contributed by atoms with Gasteiger partial charge in [-0.15, -0.1) is 0 Å². The van der Waals surface area contributed by atoms with Crippen LogP contribution in [0.15, 0.2) is 47.6 Å². The highest BCUT2D eigenvalue weighted by Gasteiger charge is 2.15. The van der Waals surface area contributed by atoms with Crippen molar-refractivity contribution in [2.24, 2.45) is 5.10 Å². The van der Waals surface area contributed by atoms with Crippen LogP contribution in [0.25, 0.3) is 10.2 Å². The Balaban J connectivity index is 1.86. The Morgan fingerprint density at radius 3 is 2.76 bits per heavy atom. The quantitative estimate of drug-likeness (QED) is 0.507. The van der Waals surface area contributed by atoms with E-state index in [1.165, 1.54) is 35.4 Å². The lowest BCUT2D eigenvalue weighted by Gasteiger charge is -2.10. The zero-order valence-electron chi connectivity index (χ0n) is 13.8. The molecule has 0 saturated heterocycles. The fraction of sp³-hybridized carbons (Fsp3) is 0.167. The number of anilines is 1. The van der Waals surface area contributed by atoms with Crippen LogP contribution in [-0.4, -0.2) is 23.7 Å². The minimum atomic E-state index is -0.338. The van der Waals surface area contributed by atoms with Crippen molar-refractivity contribution in [1.82, 2.24) is 4.98 Å². The first-order chi connectivity index (χ1) is 12.1. The van der Waals surface area contributed by atoms with Gasteiger partial charge in [0, 0.05) is 6.92 Å². The molecule has 0 aliphatic carbocycles. The summed E-state index contributed by atoms with van der Waals surface area (Å²) < 4.78 is 19.4. The number of rotatable bonds is 5. The number of ether oxygens (including phenoxy) is 1. The summed E-state index contributed by atoms with van der Waals surface area (Å²) in [6, 6.07) is 11.7. The Morgan fingerprint density at radius 2 is 2.08 bits per heavy atom. The average molecular weight is 357 g/mol. The molecule has 7 heteroatoms. The molecule has 0 saturated carbocycles. The molecule has 1 heterocycles. The number of halogens is 1. The topological polar surface area (TPSA) is 54.8 Å². The molecule has 0 atom stereocenters. The number of thiazole rings is 1. The SMILES string of the molecule is CCOc1ccc(/C=N\N(C(C)=O)c2nc3ccc(F)cc3s2)cc1. The number of amides is 1. The van der Waals surface area contributed by atoms with Gasteiger partial charge in [0.2, 0.25) is 11.0 Å². The van der Waals surface area contributed by atoms with Gasteiger partial charge < -0.3 is 4.74 Å². The van der Waals surface area contributed by atoms with Gasteiger partial charge in [-0.05, 0) is 55.0 Å². The summed E-state index contributed by atoms with van der Waals surface area (Å²) in [5.41, 5.74) is 1.45. The van der Waals surface area contributed by atoms with E-state index >= 15 is 0 Å². The minimum Gasteiger partial charge on any atom is -0.494 e. The number of carbonyl (C=O) groups excluding carboxylic acids is 1. The third kappa shape index (κ3) is 4.00. The Bertz CT molecular complexity index is 922. The first-order valence-corrected chi connectivity index (χ1v) is 8.52. The number of nitrogens with zero attached hydrogens (tertiary/aromatic N) is 3. The van der Waals surface area contributed by atoms with Crippen LogP contribution in [0.3, 0.4) is 0 Å². The highest BCUT2D eigenvalue weighted by atomic mass is 32.1. The summed E-state index contributed by atoms with van der Waals surface area (Å²) >= 11 is 1.21. The number of hydrogen-bond acceptors (Lipinski definition) is 5. The summed E-state index contributed by atoms with van der Waals surface area (Å²) in [4.78, 5) is 16.3. The van der Waals surface area contributed by atoms with Gasteiger partial charge in [0.05, 0.1) is 23.0 Å². The fourth-order valence-corrected chi connectivity index (χ4v) is 3.18. The largest absolute Gasteiger partial charge is 0.494 e. The van der Waals surface area contributed by atoms with Crippen molar-refractivity contribution in [2.75, 3.05) is 11.6 Å². The Hall–Kier alpha value is -2.80. The second kappa shape index (κ2) is 7.40. The highest BCUT2D eigenvalue weighted by Crippen LogP contribution is 2.29. The smallest absolute Gasteiger partial charge is 0.246 e. The van der Waals surface area contributed by atoms with Crippen molar-refractivity contribution in [3.8, 4) is 5.75 Å². The standard InChI is InChI=1S/C18H16FN3O2S/c1-3-24-15-7-4-13(5-8-15)11-20-22(12(2)23)18-21-16-9-6-14(19)10-17(16)25-18/h4-11H,3H2,1-2H3/b20-11-. The number of hydrogen-bond donors (Lipinski definition) is 0. The average Bonchev–Trinajstić information content (AvgIpc) is 2.99. The van der Waals surface area contributed by atoms with Gasteiger partial charge in [-0.1, -0.05) is 11.3 Å². The zero-order chi connectivity index (χ0) is 17.8. The Morgan fingerprint density at radius 1 is 1.32 bits per heavy atom. The normalized spacial score (nSPS) is 11.2. The molecule has 2 aromatic carbocycles. The first-order valence-electron chi connectivity index (χ1n) is 7.70. The van der Waals surface area contributed by atoms with E-state index in [9.17, 15) is 9.18 Å². The molecule has 1 aromatic heterocycles. The fourth-order valence-electron chi connectivity index (χ4n) is 2.18. The summed E-state index contributed by atoms with van der Waals surface area (Å²) in [5, 5.41) is 5.83. The molecule has 0 fully saturated rings. The lowest BCUT2D eigenvalue weighted by molar-refractivity contribution is -0.116. The van der Waals surface area contributed by atoms with E-state index in [0.717, 1.165) is 11.3 Å². The van der Waals surface area contributed by atoms with Crippen molar-refractivity contribution in [2.45, 2.75) is 13.8 Å². The van der Waals surface area contributed by atoms with Gasteiger partial charge in [-0.25, -0.2) is 9.37 Å². The van der Waals surface area contributed by atoms with Crippen LogP contribution < -0.4 is 9.75 Å². The van der Waals surface area contributed by atoms with Gasteiger partial charge in [0.25, 0.3) is 0 Å². The lowest BCUT2D eigenvalue weighted by atomic mass is 10.2. The van der Waals surface area contributed by atoms with Crippen LogP contribution in [0.4, 0.5) is 9.52 Å². The van der Waals surface area contributed by atoms with Crippen molar-refractivity contribution in [3.63, 3.8) is 0 Å². The van der Waals surface area contributed by atoms with Gasteiger partial charge in [-0.3, -0.25) is 4.79 Å². The van der Waals surface area contributed by atoms with Crippen LogP contribution >= 0.6 is 11.3 Å². The molecule has 1 amide bonds. The monoisotopic (exact) mass is 357 g/mol. The maximum atomic E-state index is 13.3. The van der Waals surface area contributed by atoms with Crippen LogP contribution in [0.1, 0.15) is 19.4 Å². The molecular formula is C18H16FN3O2S. The van der Waals surface area contributed by atoms with Gasteiger partial charge in [0.1, 0.15) is 11.6 Å². The van der Waals surface area contributed by atoms with E-state index in [4.69, 9.17) is 4.74 Å². The van der Waals surface area contributed by atoms with Crippen molar-refractivity contribution < 1.29 is 13.9 Å². The maximum absolute atomic E-state index is 13.3. The van der Waals surface area contributed by atoms with Crippen LogP contribution in [0.5, 0.6) is 5.75 Å². The number of hydrazone groups is 1. The van der Waals surface area contributed by atoms with Crippen molar-refractivity contribution in [1.29, 1.82) is 0 Å². The van der Waals surface area contributed by atoms with Crippen molar-refractivity contribution in [3.05, 3.63) is 53.8 Å². The summed E-state index contributed by atoms with van der Waals surface area (Å²) in [6.45, 7) is 3.93. The Kier molecular flexibility index (Phi) is 5.04. The molecule has 5 nitrogen and oxygen atoms in total. The number of benzene rings is 2. The number of fused-ring (bicyclic) bond motifs is 1. The third-order valence-corrected chi connectivity index (χ3v) is 4.33. The Labute approximate surface area is 148 Å². The molecular weight excluding hydrogens is 341 g/mol. The maximum Gasteiger partial charge on any atom is 0.246 e. The molecule has 0 unspecified atom stereocenters. The molecule has 3 aromatic rings. The minimum absolute atomic E-state index is 0.276. The number of aromatic nitrogens is 1. The zero-order valence-corrected chi connectivity index (χ0v) is 14.6. The van der Waals surface area contributed by atoms with Crippen LogP contribution in [0.2, 0.25) is 0 Å². The third-order valence-electron chi connectivity index (χ3n) is 3.33. The summed E-state index contributed by atoms with van der Waals surface area (Å²) in [6.07, 6.45) is 1.57. The first kappa shape index (κ1) is 17.0. The van der Waals surface area contributed by atoms with Crippen LogP contribution in [0, 0.1) is 5.82 Å². The van der Waals surface area contributed by atoms with E-state index < -0.39 is 0 Å². The summed E-state index contributed by atoms with van der Waals surface area (Å²) in [7, 11) is 0. The predicted molar refractivity (Wildman–Crippen MR) is 97.9 cm³/mol. The van der Waals surface area contributed by atoms with Crippen LogP contribution in [-0.2, 0) is 4.79 Å². The highest BCUT2D eigenvalue weighted by molar-refractivity contribution is 7.22. The van der Waals surface area contributed by atoms with Gasteiger partial charge in [0.15, 0.2) is 0 Å². The molecule has 0 radical (unpaired) electrons. The second-order valence-corrected chi connectivity index (χ2v) is 6.20. The van der Waals surface area contributed by atoms with Crippen molar-refractivity contribution >= 4 is 38.8 Å². The molecule has 0 aliphatic rings. The molecule has 128 valence electrons. The van der Waals surface area contributed by atoms with E-state index in [2.05, 4.69) is 10.1 Å². The molecule has 25 heavy (non-hydrogen) atoms. The molecule has 0 N–H and O–H groups in total. The molecule has 0 aliphatic heterocycles. The lowest BCUT2D eigenvalue weighted by Crippen LogP contribution is -2.22. The summed E-state index contributed by atoms with van der Waals surface area (Å²) in [5.74, 6) is 0.160. The van der Waals surface area contributed by atoms with Gasteiger partial charge in [-0.2, -0.15) is 10.1 Å². The molecule has 0 bridgehead atoms.